The van der Waals surface area contributed by atoms with Crippen molar-refractivity contribution in [3.8, 4) is 5.75 Å². The third kappa shape index (κ3) is 3.81. The van der Waals surface area contributed by atoms with Crippen molar-refractivity contribution in [3.63, 3.8) is 0 Å². The predicted octanol–water partition coefficient (Wildman–Crippen LogP) is 4.09. The number of carboxylic acids is 1. The average Bonchev–Trinajstić information content (AvgIpc) is 3.24. The van der Waals surface area contributed by atoms with Gasteiger partial charge in [0.25, 0.3) is 0 Å². The highest BCUT2D eigenvalue weighted by Crippen LogP contribution is 2.38. The van der Waals surface area contributed by atoms with Crippen LogP contribution in [0.25, 0.3) is 0 Å². The summed E-state index contributed by atoms with van der Waals surface area (Å²) in [5, 5.41) is 9.48. The molecule has 7 nitrogen and oxygen atoms in total. The number of benzene rings is 2. The molecular formula is C25H28N2O5. The number of fused-ring (bicyclic) bond motifs is 1. The second-order valence-corrected chi connectivity index (χ2v) is 9.72. The van der Waals surface area contributed by atoms with Crippen molar-refractivity contribution in [1.82, 2.24) is 4.90 Å². The Labute approximate surface area is 187 Å². The van der Waals surface area contributed by atoms with Gasteiger partial charge in [0.2, 0.25) is 0 Å². The summed E-state index contributed by atoms with van der Waals surface area (Å²) in [6, 6.07) is 13.0. The first-order valence-electron chi connectivity index (χ1n) is 11.1. The van der Waals surface area contributed by atoms with Crippen LogP contribution in [0.2, 0.25) is 0 Å². The monoisotopic (exact) mass is 436 g/mol. The molecule has 3 aliphatic rings. The minimum atomic E-state index is -1.05. The van der Waals surface area contributed by atoms with Gasteiger partial charge in [0, 0.05) is 38.9 Å². The Kier molecular flexibility index (Phi) is 4.89. The molecule has 3 heterocycles. The van der Waals surface area contributed by atoms with Crippen LogP contribution in [0, 0.1) is 0 Å². The first kappa shape index (κ1) is 20.8. The fraction of sp³-hybridized carbons (Fsp3) is 0.440. The number of aromatic carboxylic acids is 1. The number of likely N-dealkylation sites (tertiary alicyclic amines) is 1. The summed E-state index contributed by atoms with van der Waals surface area (Å²) in [6.45, 7) is 7.09. The number of carboxylic acid groups (broad SMARTS) is 1. The lowest BCUT2D eigenvalue weighted by molar-refractivity contribution is -0.000985. The fourth-order valence-corrected chi connectivity index (χ4v) is 5.10. The zero-order valence-electron chi connectivity index (χ0n) is 18.5. The van der Waals surface area contributed by atoms with Gasteiger partial charge in [-0.1, -0.05) is 24.3 Å². The molecule has 7 heteroatoms. The van der Waals surface area contributed by atoms with Crippen LogP contribution in [0.3, 0.4) is 0 Å². The van der Waals surface area contributed by atoms with Crippen molar-refractivity contribution in [3.05, 3.63) is 59.2 Å². The van der Waals surface area contributed by atoms with E-state index in [1.54, 1.807) is 18.2 Å². The highest BCUT2D eigenvalue weighted by atomic mass is 16.6. The lowest BCUT2D eigenvalue weighted by atomic mass is 9.90. The Morgan fingerprint density at radius 3 is 2.59 bits per heavy atom. The number of carbonyl (C=O) groups is 2. The molecule has 0 aromatic heterocycles. The van der Waals surface area contributed by atoms with Crippen LogP contribution in [0.15, 0.2) is 42.5 Å². The zero-order chi connectivity index (χ0) is 22.5. The third-order valence-corrected chi connectivity index (χ3v) is 6.70. The van der Waals surface area contributed by atoms with E-state index in [1.165, 1.54) is 22.1 Å². The van der Waals surface area contributed by atoms with E-state index in [4.69, 9.17) is 9.47 Å². The van der Waals surface area contributed by atoms with E-state index in [1.807, 2.05) is 0 Å². The molecule has 0 atom stereocenters. The van der Waals surface area contributed by atoms with Gasteiger partial charge < -0.3 is 14.6 Å². The standard InChI is InChI=1S/C25H28N2O5/c1-24(2)14-18-13-17(7-8-21(18)31-24)15-26-11-9-25(10-12-26)16-27(23(30)32-25)20-6-4-3-5-19(20)22(28)29/h3-8,13H,9-12,14-16H2,1-2H3,(H,28,29). The van der Waals surface area contributed by atoms with Crippen LogP contribution in [-0.2, 0) is 17.7 Å². The second kappa shape index (κ2) is 7.52. The summed E-state index contributed by atoms with van der Waals surface area (Å²) >= 11 is 0. The molecule has 32 heavy (non-hydrogen) atoms. The number of ether oxygens (including phenoxy) is 2. The average molecular weight is 437 g/mol. The Hall–Kier alpha value is -3.06. The van der Waals surface area contributed by atoms with E-state index in [-0.39, 0.29) is 11.2 Å². The molecule has 3 aliphatic heterocycles. The summed E-state index contributed by atoms with van der Waals surface area (Å²) in [4.78, 5) is 28.1. The SMILES string of the molecule is CC1(C)Cc2cc(CN3CCC4(CC3)CN(c3ccccc3C(=O)O)C(=O)O4)ccc2O1. The maximum atomic E-state index is 12.6. The highest BCUT2D eigenvalue weighted by molar-refractivity contribution is 6.00. The van der Waals surface area contributed by atoms with Crippen molar-refractivity contribution in [2.75, 3.05) is 24.5 Å². The van der Waals surface area contributed by atoms with E-state index in [0.29, 0.717) is 12.2 Å². The van der Waals surface area contributed by atoms with Crippen LogP contribution in [-0.4, -0.2) is 52.9 Å². The van der Waals surface area contributed by atoms with Crippen molar-refractivity contribution in [1.29, 1.82) is 0 Å². The molecule has 1 amide bonds. The maximum Gasteiger partial charge on any atom is 0.415 e. The molecule has 0 unspecified atom stereocenters. The second-order valence-electron chi connectivity index (χ2n) is 9.72. The zero-order valence-corrected chi connectivity index (χ0v) is 18.5. The number of carbonyl (C=O) groups excluding carboxylic acids is 1. The number of anilines is 1. The molecule has 2 fully saturated rings. The summed E-state index contributed by atoms with van der Waals surface area (Å²) in [5.41, 5.74) is 2.33. The van der Waals surface area contributed by atoms with Gasteiger partial charge in [-0.15, -0.1) is 0 Å². The fourth-order valence-electron chi connectivity index (χ4n) is 5.10. The number of para-hydroxylation sites is 1. The van der Waals surface area contributed by atoms with Gasteiger partial charge in [-0.2, -0.15) is 0 Å². The summed E-state index contributed by atoms with van der Waals surface area (Å²) in [6.07, 6.45) is 1.91. The van der Waals surface area contributed by atoms with Gasteiger partial charge >= 0.3 is 12.1 Å². The Balaban J connectivity index is 1.24. The topological polar surface area (TPSA) is 79.3 Å². The van der Waals surface area contributed by atoms with Crippen LogP contribution >= 0.6 is 0 Å². The molecule has 2 aromatic rings. The first-order chi connectivity index (χ1) is 15.2. The molecule has 0 bridgehead atoms. The summed E-state index contributed by atoms with van der Waals surface area (Å²) < 4.78 is 11.8. The van der Waals surface area contributed by atoms with Crippen LogP contribution in [0.5, 0.6) is 5.75 Å². The highest BCUT2D eigenvalue weighted by Gasteiger charge is 2.48. The number of hydrogen-bond acceptors (Lipinski definition) is 5. The molecule has 2 aromatic carbocycles. The van der Waals surface area contributed by atoms with Crippen LogP contribution in [0.1, 0.15) is 48.2 Å². The van der Waals surface area contributed by atoms with Crippen LogP contribution < -0.4 is 9.64 Å². The van der Waals surface area contributed by atoms with E-state index in [9.17, 15) is 14.7 Å². The number of nitrogens with zero attached hydrogens (tertiary/aromatic N) is 2. The van der Waals surface area contributed by atoms with Crippen molar-refractivity contribution in [2.45, 2.75) is 50.9 Å². The normalized spacial score (nSPS) is 21.3. The lowest BCUT2D eigenvalue weighted by Gasteiger charge is -2.37. The molecule has 1 spiro atoms. The summed E-state index contributed by atoms with van der Waals surface area (Å²) in [5.74, 6) is -0.0664. The smallest absolute Gasteiger partial charge is 0.415 e. The molecule has 0 saturated carbocycles. The van der Waals surface area contributed by atoms with Crippen molar-refractivity contribution in [2.24, 2.45) is 0 Å². The largest absolute Gasteiger partial charge is 0.487 e. The van der Waals surface area contributed by atoms with Gasteiger partial charge in [0.15, 0.2) is 0 Å². The number of amides is 1. The third-order valence-electron chi connectivity index (χ3n) is 6.70. The minimum Gasteiger partial charge on any atom is -0.487 e. The van der Waals surface area contributed by atoms with Gasteiger partial charge in [-0.3, -0.25) is 9.80 Å². The maximum absolute atomic E-state index is 12.6. The Morgan fingerprint density at radius 2 is 1.84 bits per heavy atom. The molecule has 2 saturated heterocycles. The van der Waals surface area contributed by atoms with E-state index in [0.717, 1.165) is 44.6 Å². The van der Waals surface area contributed by atoms with Gasteiger partial charge in [0.05, 0.1) is 17.8 Å². The molecule has 0 aliphatic carbocycles. The van der Waals surface area contributed by atoms with Crippen molar-refractivity contribution < 1.29 is 24.2 Å². The van der Waals surface area contributed by atoms with E-state index < -0.39 is 17.7 Å². The van der Waals surface area contributed by atoms with Gasteiger partial charge in [-0.05, 0) is 43.2 Å². The number of rotatable bonds is 4. The van der Waals surface area contributed by atoms with Gasteiger partial charge in [-0.25, -0.2) is 9.59 Å². The molecule has 5 rings (SSSR count). The van der Waals surface area contributed by atoms with Crippen molar-refractivity contribution >= 4 is 17.7 Å². The predicted molar refractivity (Wildman–Crippen MR) is 119 cm³/mol. The number of piperidine rings is 1. The minimum absolute atomic E-state index is 0.114. The molecular weight excluding hydrogens is 408 g/mol. The molecule has 168 valence electrons. The Morgan fingerprint density at radius 1 is 1.09 bits per heavy atom. The van der Waals surface area contributed by atoms with Gasteiger partial charge in [0.1, 0.15) is 17.0 Å². The van der Waals surface area contributed by atoms with E-state index >= 15 is 0 Å². The van der Waals surface area contributed by atoms with E-state index in [2.05, 4.69) is 36.9 Å². The number of hydrogen-bond donors (Lipinski definition) is 1. The quantitative estimate of drug-likeness (QED) is 0.778. The lowest BCUT2D eigenvalue weighted by Crippen LogP contribution is -2.46. The molecule has 0 radical (unpaired) electrons. The first-order valence-corrected chi connectivity index (χ1v) is 11.1. The Bertz CT molecular complexity index is 1070. The van der Waals surface area contributed by atoms with Crippen LogP contribution in [0.4, 0.5) is 10.5 Å². The summed E-state index contributed by atoms with van der Waals surface area (Å²) in [7, 11) is 0. The molecule has 1 N–H and O–H groups in total.